The Morgan fingerprint density at radius 3 is 2.68 bits per heavy atom. The summed E-state index contributed by atoms with van der Waals surface area (Å²) in [6.45, 7) is 0. The lowest BCUT2D eigenvalue weighted by Crippen LogP contribution is -2.32. The molecule has 3 aromatic heterocycles. The number of hydrogen-bond acceptors (Lipinski definition) is 5. The maximum absolute atomic E-state index is 12.9. The summed E-state index contributed by atoms with van der Waals surface area (Å²) in [5.74, 6) is 1.35. The van der Waals surface area contributed by atoms with Gasteiger partial charge in [0.25, 0.3) is 0 Å². The van der Waals surface area contributed by atoms with Gasteiger partial charge in [-0.25, -0.2) is 9.97 Å². The average Bonchev–Trinajstić information content (AvgIpc) is 3.54. The van der Waals surface area contributed by atoms with Crippen molar-refractivity contribution < 1.29 is 9.21 Å². The van der Waals surface area contributed by atoms with Crippen molar-refractivity contribution in [1.29, 1.82) is 0 Å². The molecule has 0 saturated carbocycles. The van der Waals surface area contributed by atoms with Crippen LogP contribution in [0, 0.1) is 0 Å². The van der Waals surface area contributed by atoms with E-state index in [1.807, 2.05) is 60.0 Å². The molecule has 0 aliphatic rings. The van der Waals surface area contributed by atoms with Gasteiger partial charge in [-0.15, -0.1) is 11.3 Å². The average molecular weight is 429 g/mol. The predicted molar refractivity (Wildman–Crippen MR) is 121 cm³/mol. The van der Waals surface area contributed by atoms with E-state index in [0.717, 1.165) is 33.1 Å². The molecule has 0 fully saturated rings. The summed E-state index contributed by atoms with van der Waals surface area (Å²) in [6, 6.07) is 21.4. The van der Waals surface area contributed by atoms with Crippen LogP contribution in [0.15, 0.2) is 82.8 Å². The number of furan rings is 1. The van der Waals surface area contributed by atoms with Crippen molar-refractivity contribution in [2.24, 2.45) is 0 Å². The van der Waals surface area contributed by atoms with E-state index in [0.29, 0.717) is 12.2 Å². The zero-order chi connectivity index (χ0) is 21.0. The molecule has 0 unspecified atom stereocenters. The Balaban J connectivity index is 1.35. The van der Waals surface area contributed by atoms with Crippen LogP contribution in [0.5, 0.6) is 0 Å². The van der Waals surface area contributed by atoms with Gasteiger partial charge in [-0.1, -0.05) is 42.5 Å². The van der Waals surface area contributed by atoms with Crippen LogP contribution < -0.4 is 5.32 Å². The topological polar surface area (TPSA) is 83.8 Å². The maximum Gasteiger partial charge on any atom is 0.226 e. The number of hydrogen-bond donors (Lipinski definition) is 2. The lowest BCUT2D eigenvalue weighted by atomic mass is 10.1. The summed E-state index contributed by atoms with van der Waals surface area (Å²) in [7, 11) is 0. The minimum Gasteiger partial charge on any atom is -0.462 e. The number of carbonyl (C=O) groups is 1. The van der Waals surface area contributed by atoms with Crippen molar-refractivity contribution in [3.63, 3.8) is 0 Å². The summed E-state index contributed by atoms with van der Waals surface area (Å²) in [5, 5.41) is 5.81. The number of aromatic amines is 1. The lowest BCUT2D eigenvalue weighted by Gasteiger charge is -2.17. The monoisotopic (exact) mass is 428 g/mol. The number of rotatable bonds is 7. The zero-order valence-electron chi connectivity index (χ0n) is 16.6. The number of carbonyl (C=O) groups excluding carboxylic acids is 1. The van der Waals surface area contributed by atoms with E-state index in [2.05, 4.69) is 27.4 Å². The zero-order valence-corrected chi connectivity index (χ0v) is 17.4. The van der Waals surface area contributed by atoms with Gasteiger partial charge in [0, 0.05) is 5.38 Å². The van der Waals surface area contributed by atoms with Gasteiger partial charge in [-0.05, 0) is 36.2 Å². The fraction of sp³-hybridized carbons (Fsp3) is 0.125. The molecule has 7 heteroatoms. The van der Waals surface area contributed by atoms with Gasteiger partial charge in [0.1, 0.15) is 5.82 Å². The molecule has 0 spiro atoms. The number of para-hydroxylation sites is 2. The highest BCUT2D eigenvalue weighted by Gasteiger charge is 2.20. The van der Waals surface area contributed by atoms with Crippen LogP contribution in [0.3, 0.4) is 0 Å². The van der Waals surface area contributed by atoms with Crippen LogP contribution in [0.1, 0.15) is 23.1 Å². The molecule has 0 aliphatic carbocycles. The van der Waals surface area contributed by atoms with Gasteiger partial charge in [0.05, 0.1) is 35.5 Å². The fourth-order valence-electron chi connectivity index (χ4n) is 3.51. The van der Waals surface area contributed by atoms with Crippen molar-refractivity contribution in [2.75, 3.05) is 0 Å². The Morgan fingerprint density at radius 2 is 1.87 bits per heavy atom. The second kappa shape index (κ2) is 8.57. The van der Waals surface area contributed by atoms with E-state index >= 15 is 0 Å². The van der Waals surface area contributed by atoms with E-state index in [1.165, 1.54) is 11.3 Å². The Hall–Kier alpha value is -3.71. The number of benzene rings is 2. The number of fused-ring (bicyclic) bond motifs is 1. The molecular formula is C24H20N4O2S. The smallest absolute Gasteiger partial charge is 0.226 e. The highest BCUT2D eigenvalue weighted by Crippen LogP contribution is 2.24. The third-order valence-electron chi connectivity index (χ3n) is 4.98. The quantitative estimate of drug-likeness (QED) is 0.385. The molecule has 6 nitrogen and oxygen atoms in total. The molecule has 0 saturated heterocycles. The lowest BCUT2D eigenvalue weighted by molar-refractivity contribution is -0.121. The highest BCUT2D eigenvalue weighted by atomic mass is 32.1. The normalized spacial score (nSPS) is 12.1. The van der Waals surface area contributed by atoms with Crippen LogP contribution in [0.4, 0.5) is 0 Å². The van der Waals surface area contributed by atoms with E-state index in [9.17, 15) is 4.79 Å². The standard InChI is InChI=1S/C24H20N4O2S/c29-22(14-17-15-31-24(25-17)21-11-6-12-30-21)26-20(13-16-7-2-1-3-8-16)23-27-18-9-4-5-10-19(18)28-23/h1-12,15,20H,13-14H2,(H,26,29)(H,27,28)/t20-/m0/s1. The Bertz CT molecular complexity index is 1260. The molecule has 0 radical (unpaired) electrons. The minimum atomic E-state index is -0.273. The first-order valence-corrected chi connectivity index (χ1v) is 10.9. The molecule has 1 amide bonds. The number of nitrogens with one attached hydrogen (secondary N) is 2. The van der Waals surface area contributed by atoms with Gasteiger partial charge in [0.15, 0.2) is 10.8 Å². The summed E-state index contributed by atoms with van der Waals surface area (Å²) in [4.78, 5) is 25.5. The summed E-state index contributed by atoms with van der Waals surface area (Å²) in [6.07, 6.45) is 2.45. The second-order valence-corrected chi connectivity index (χ2v) is 8.11. The van der Waals surface area contributed by atoms with Gasteiger partial charge in [-0.3, -0.25) is 4.79 Å². The van der Waals surface area contributed by atoms with Gasteiger partial charge in [0.2, 0.25) is 5.91 Å². The number of thiazole rings is 1. The van der Waals surface area contributed by atoms with E-state index < -0.39 is 0 Å². The number of nitrogens with zero attached hydrogens (tertiary/aromatic N) is 2. The van der Waals surface area contributed by atoms with Crippen LogP contribution >= 0.6 is 11.3 Å². The third kappa shape index (κ3) is 4.41. The Kier molecular flexibility index (Phi) is 5.33. The Labute approximate surface area is 183 Å². The number of aromatic nitrogens is 3. The highest BCUT2D eigenvalue weighted by molar-refractivity contribution is 7.13. The molecule has 31 heavy (non-hydrogen) atoms. The first-order valence-electron chi connectivity index (χ1n) is 10.0. The summed E-state index contributed by atoms with van der Waals surface area (Å²) < 4.78 is 5.39. The van der Waals surface area contributed by atoms with Gasteiger partial charge >= 0.3 is 0 Å². The fourth-order valence-corrected chi connectivity index (χ4v) is 4.30. The summed E-state index contributed by atoms with van der Waals surface area (Å²) in [5.41, 5.74) is 3.68. The van der Waals surface area contributed by atoms with Gasteiger partial charge in [-0.2, -0.15) is 0 Å². The SMILES string of the molecule is O=C(Cc1csc(-c2ccco2)n1)N[C@@H](Cc1ccccc1)c1nc2ccccc2[nH]1. The molecule has 2 aromatic carbocycles. The van der Waals surface area contributed by atoms with Crippen molar-refractivity contribution in [2.45, 2.75) is 18.9 Å². The van der Waals surface area contributed by atoms with Gasteiger partial charge < -0.3 is 14.7 Å². The van der Waals surface area contributed by atoms with Crippen molar-refractivity contribution in [3.05, 3.63) is 95.5 Å². The molecule has 0 aliphatic heterocycles. The largest absolute Gasteiger partial charge is 0.462 e. The van der Waals surface area contributed by atoms with Crippen molar-refractivity contribution >= 4 is 28.3 Å². The van der Waals surface area contributed by atoms with E-state index in [-0.39, 0.29) is 18.4 Å². The number of imidazole rings is 1. The molecule has 5 rings (SSSR count). The first kappa shape index (κ1) is 19.3. The van der Waals surface area contributed by atoms with E-state index in [1.54, 1.807) is 6.26 Å². The second-order valence-electron chi connectivity index (χ2n) is 7.25. The van der Waals surface area contributed by atoms with Crippen LogP contribution in [-0.4, -0.2) is 20.9 Å². The maximum atomic E-state index is 12.9. The first-order chi connectivity index (χ1) is 15.2. The number of H-pyrrole nitrogens is 1. The van der Waals surface area contributed by atoms with Crippen molar-refractivity contribution in [1.82, 2.24) is 20.3 Å². The minimum absolute atomic E-state index is 0.0994. The van der Waals surface area contributed by atoms with Crippen molar-refractivity contribution in [3.8, 4) is 10.8 Å². The molecule has 1 atom stereocenters. The van der Waals surface area contributed by atoms with Crippen LogP contribution in [0.25, 0.3) is 21.8 Å². The summed E-state index contributed by atoms with van der Waals surface area (Å²) >= 11 is 1.47. The molecular weight excluding hydrogens is 408 g/mol. The third-order valence-corrected chi connectivity index (χ3v) is 5.89. The molecule has 2 N–H and O–H groups in total. The number of amides is 1. The van der Waals surface area contributed by atoms with Crippen LogP contribution in [0.2, 0.25) is 0 Å². The van der Waals surface area contributed by atoms with Crippen LogP contribution in [-0.2, 0) is 17.6 Å². The predicted octanol–water partition coefficient (Wildman–Crippen LogP) is 4.92. The molecule has 0 bridgehead atoms. The Morgan fingerprint density at radius 1 is 1.03 bits per heavy atom. The molecule has 154 valence electrons. The molecule has 5 aromatic rings. The van der Waals surface area contributed by atoms with E-state index in [4.69, 9.17) is 9.40 Å². The molecule has 3 heterocycles.